The van der Waals surface area contributed by atoms with Gasteiger partial charge in [0.25, 0.3) is 0 Å². The maximum Gasteiger partial charge on any atom is 0.341 e. The van der Waals surface area contributed by atoms with Gasteiger partial charge in [-0.3, -0.25) is 4.72 Å². The zero-order valence-corrected chi connectivity index (χ0v) is 11.8. The molecule has 0 atom stereocenters. The third-order valence-electron chi connectivity index (χ3n) is 1.65. The Kier molecular flexibility index (Phi) is 6.70. The lowest BCUT2D eigenvalue weighted by Crippen LogP contribution is -2.14. The van der Waals surface area contributed by atoms with Gasteiger partial charge in [-0.2, -0.15) is 0 Å². The summed E-state index contributed by atoms with van der Waals surface area (Å²) in [7, 11) is -3.49. The summed E-state index contributed by atoms with van der Waals surface area (Å²) in [4.78, 5) is 10.3. The van der Waals surface area contributed by atoms with E-state index in [0.29, 0.717) is 5.69 Å². The number of sulfonamides is 1. The first-order valence-electron chi connectivity index (χ1n) is 5.50. The minimum absolute atomic E-state index is 0.104. The SMILES string of the molecule is CC.CS(=O)(=O)Nc1cc(N)ccc1OCC(=O)O. The van der Waals surface area contributed by atoms with Crippen molar-refractivity contribution < 1.29 is 23.1 Å². The van der Waals surface area contributed by atoms with Crippen molar-refractivity contribution in [2.24, 2.45) is 0 Å². The maximum atomic E-state index is 11.1. The number of nitrogens with one attached hydrogen (secondary N) is 1. The highest BCUT2D eigenvalue weighted by Crippen LogP contribution is 2.27. The predicted octanol–water partition coefficient (Wildman–Crippen LogP) is 1.13. The molecule has 1 rings (SSSR count). The highest BCUT2D eigenvalue weighted by molar-refractivity contribution is 7.92. The molecule has 8 heteroatoms. The molecule has 1 aromatic rings. The Morgan fingerprint density at radius 1 is 1.42 bits per heavy atom. The van der Waals surface area contributed by atoms with Gasteiger partial charge < -0.3 is 15.6 Å². The quantitative estimate of drug-likeness (QED) is 0.699. The van der Waals surface area contributed by atoms with Crippen molar-refractivity contribution >= 4 is 27.4 Å². The van der Waals surface area contributed by atoms with Crippen molar-refractivity contribution in [3.8, 4) is 5.75 Å². The Morgan fingerprint density at radius 3 is 2.47 bits per heavy atom. The summed E-state index contributed by atoms with van der Waals surface area (Å²) in [6, 6.07) is 4.22. The number of anilines is 2. The van der Waals surface area contributed by atoms with E-state index in [0.717, 1.165) is 6.26 Å². The zero-order valence-electron chi connectivity index (χ0n) is 11.0. The van der Waals surface area contributed by atoms with E-state index in [4.69, 9.17) is 15.6 Å². The number of rotatable bonds is 5. The lowest BCUT2D eigenvalue weighted by Gasteiger charge is -2.11. The Labute approximate surface area is 112 Å². The molecule has 0 saturated carbocycles. The zero-order chi connectivity index (χ0) is 15.1. The van der Waals surface area contributed by atoms with Gasteiger partial charge in [0.1, 0.15) is 5.75 Å². The van der Waals surface area contributed by atoms with E-state index in [1.165, 1.54) is 18.2 Å². The van der Waals surface area contributed by atoms with Gasteiger partial charge in [0.2, 0.25) is 10.0 Å². The van der Waals surface area contributed by atoms with Gasteiger partial charge in [-0.1, -0.05) is 13.8 Å². The Morgan fingerprint density at radius 2 is 2.00 bits per heavy atom. The molecular weight excluding hydrogens is 272 g/mol. The van der Waals surface area contributed by atoms with Crippen LogP contribution in [-0.4, -0.2) is 32.4 Å². The van der Waals surface area contributed by atoms with Crippen molar-refractivity contribution in [1.82, 2.24) is 0 Å². The molecule has 19 heavy (non-hydrogen) atoms. The number of ether oxygens (including phenoxy) is 1. The fourth-order valence-corrected chi connectivity index (χ4v) is 1.65. The van der Waals surface area contributed by atoms with Crippen molar-refractivity contribution in [3.05, 3.63) is 18.2 Å². The fraction of sp³-hybridized carbons (Fsp3) is 0.364. The fourth-order valence-electron chi connectivity index (χ4n) is 1.09. The van der Waals surface area contributed by atoms with Gasteiger partial charge in [0.15, 0.2) is 6.61 Å². The van der Waals surface area contributed by atoms with Crippen LogP contribution >= 0.6 is 0 Å². The average Bonchev–Trinajstić information content (AvgIpc) is 2.28. The number of carboxylic acid groups (broad SMARTS) is 1. The van der Waals surface area contributed by atoms with Gasteiger partial charge in [0.05, 0.1) is 11.9 Å². The summed E-state index contributed by atoms with van der Waals surface area (Å²) in [5.74, 6) is -1.06. The molecule has 1 aromatic carbocycles. The minimum atomic E-state index is -3.49. The summed E-state index contributed by atoms with van der Waals surface area (Å²) >= 11 is 0. The van der Waals surface area contributed by atoms with E-state index in [9.17, 15) is 13.2 Å². The van der Waals surface area contributed by atoms with E-state index in [2.05, 4.69) is 4.72 Å². The number of benzene rings is 1. The van der Waals surface area contributed by atoms with Crippen LogP contribution in [0.4, 0.5) is 11.4 Å². The van der Waals surface area contributed by atoms with Crippen LogP contribution in [0.5, 0.6) is 5.75 Å². The molecular formula is C11H18N2O5S. The highest BCUT2D eigenvalue weighted by Gasteiger charge is 2.10. The van der Waals surface area contributed by atoms with Crippen molar-refractivity contribution in [3.63, 3.8) is 0 Å². The number of hydrogen-bond acceptors (Lipinski definition) is 5. The molecule has 7 nitrogen and oxygen atoms in total. The number of carboxylic acids is 1. The van der Waals surface area contributed by atoms with Gasteiger partial charge in [-0.05, 0) is 18.2 Å². The molecule has 0 bridgehead atoms. The second-order valence-electron chi connectivity index (χ2n) is 3.31. The van der Waals surface area contributed by atoms with Crippen LogP contribution in [-0.2, 0) is 14.8 Å². The smallest absolute Gasteiger partial charge is 0.341 e. The van der Waals surface area contributed by atoms with Gasteiger partial charge in [-0.25, -0.2) is 13.2 Å². The Hall–Kier alpha value is -1.96. The van der Waals surface area contributed by atoms with E-state index < -0.39 is 22.6 Å². The Balaban J connectivity index is 0.00000154. The van der Waals surface area contributed by atoms with Crippen LogP contribution in [0.1, 0.15) is 13.8 Å². The monoisotopic (exact) mass is 290 g/mol. The molecule has 0 spiro atoms. The number of aliphatic carboxylic acids is 1. The number of nitrogens with two attached hydrogens (primary N) is 1. The van der Waals surface area contributed by atoms with Crippen LogP contribution in [0.15, 0.2) is 18.2 Å². The minimum Gasteiger partial charge on any atom is -0.480 e. The predicted molar refractivity (Wildman–Crippen MR) is 73.8 cm³/mol. The molecule has 108 valence electrons. The second-order valence-corrected chi connectivity index (χ2v) is 5.06. The first-order chi connectivity index (χ1) is 8.78. The van der Waals surface area contributed by atoms with Crippen LogP contribution in [0.2, 0.25) is 0 Å². The van der Waals surface area contributed by atoms with E-state index in [-0.39, 0.29) is 11.4 Å². The summed E-state index contributed by atoms with van der Waals surface area (Å²) in [5.41, 5.74) is 5.93. The molecule has 0 aliphatic heterocycles. The third-order valence-corrected chi connectivity index (χ3v) is 2.24. The third kappa shape index (κ3) is 7.14. The molecule has 0 amide bonds. The largest absolute Gasteiger partial charge is 0.480 e. The average molecular weight is 290 g/mol. The van der Waals surface area contributed by atoms with Crippen molar-refractivity contribution in [2.75, 3.05) is 23.3 Å². The Bertz CT molecular complexity index is 528. The summed E-state index contributed by atoms with van der Waals surface area (Å²) in [5, 5.41) is 8.46. The van der Waals surface area contributed by atoms with Crippen LogP contribution < -0.4 is 15.2 Å². The summed E-state index contributed by atoms with van der Waals surface area (Å²) in [6.07, 6.45) is 0.969. The lowest BCUT2D eigenvalue weighted by atomic mass is 10.2. The molecule has 0 aliphatic rings. The molecule has 0 aromatic heterocycles. The maximum absolute atomic E-state index is 11.1. The molecule has 0 fully saturated rings. The van der Waals surface area contributed by atoms with Crippen molar-refractivity contribution in [1.29, 1.82) is 0 Å². The van der Waals surface area contributed by atoms with Crippen LogP contribution in [0.25, 0.3) is 0 Å². The van der Waals surface area contributed by atoms with Gasteiger partial charge in [0, 0.05) is 5.69 Å². The number of nitrogen functional groups attached to an aromatic ring is 1. The van der Waals surface area contributed by atoms with Crippen LogP contribution in [0, 0.1) is 0 Å². The number of carbonyl (C=O) groups is 1. The normalized spacial score (nSPS) is 10.1. The van der Waals surface area contributed by atoms with Gasteiger partial charge in [-0.15, -0.1) is 0 Å². The molecule has 0 unspecified atom stereocenters. The summed E-state index contributed by atoms with van der Waals surface area (Å²) < 4.78 is 29.3. The van der Waals surface area contributed by atoms with Crippen molar-refractivity contribution in [2.45, 2.75) is 13.8 Å². The first-order valence-corrected chi connectivity index (χ1v) is 7.39. The lowest BCUT2D eigenvalue weighted by molar-refractivity contribution is -0.139. The molecule has 0 radical (unpaired) electrons. The standard InChI is InChI=1S/C9H12N2O5S.C2H6/c1-17(14,15)11-7-4-6(10)2-3-8(7)16-5-9(12)13;1-2/h2-4,11H,5,10H2,1H3,(H,12,13);1-2H3. The summed E-state index contributed by atoms with van der Waals surface area (Å²) in [6.45, 7) is 3.43. The molecule has 0 saturated heterocycles. The van der Waals surface area contributed by atoms with E-state index in [1.807, 2.05) is 13.8 Å². The van der Waals surface area contributed by atoms with Gasteiger partial charge >= 0.3 is 5.97 Å². The van der Waals surface area contributed by atoms with E-state index in [1.54, 1.807) is 0 Å². The highest BCUT2D eigenvalue weighted by atomic mass is 32.2. The topological polar surface area (TPSA) is 119 Å². The number of hydrogen-bond donors (Lipinski definition) is 3. The molecule has 4 N–H and O–H groups in total. The van der Waals surface area contributed by atoms with E-state index >= 15 is 0 Å². The first kappa shape index (κ1) is 17.0. The molecule has 0 aliphatic carbocycles. The molecule has 0 heterocycles. The van der Waals surface area contributed by atoms with Crippen LogP contribution in [0.3, 0.4) is 0 Å². The second kappa shape index (κ2) is 7.47.